The van der Waals surface area contributed by atoms with Gasteiger partial charge < -0.3 is 21.3 Å². The lowest BCUT2D eigenvalue weighted by molar-refractivity contribution is 0.125. The van der Waals surface area contributed by atoms with Crippen LogP contribution in [0.2, 0.25) is 0 Å². The van der Waals surface area contributed by atoms with E-state index in [1.807, 2.05) is 30.3 Å². The third-order valence-electron chi connectivity index (χ3n) is 2.31. The predicted molar refractivity (Wildman–Crippen MR) is 60.2 cm³/mol. The topological polar surface area (TPSA) is 95.6 Å². The molecule has 0 aliphatic carbocycles. The molecule has 1 aromatic carbocycles. The number of hydrogen-bond donors (Lipinski definition) is 4. The summed E-state index contributed by atoms with van der Waals surface area (Å²) in [5, 5.41) is 20.5. The van der Waals surface area contributed by atoms with Crippen molar-refractivity contribution in [2.45, 2.75) is 18.6 Å². The van der Waals surface area contributed by atoms with Crippen LogP contribution in [-0.2, 0) is 6.42 Å². The predicted octanol–water partition coefficient (Wildman–Crippen LogP) is 0.185. The van der Waals surface area contributed by atoms with Gasteiger partial charge in [-0.1, -0.05) is 30.3 Å². The number of rotatable bonds is 5. The summed E-state index contributed by atoms with van der Waals surface area (Å²) in [6, 6.07) is 8.77. The summed E-state index contributed by atoms with van der Waals surface area (Å²) in [6.07, 6.45) is -1.62. The Hall–Kier alpha value is -1.59. The Morgan fingerprint density at radius 2 is 2.00 bits per heavy atom. The molecule has 88 valence electrons. The van der Waals surface area contributed by atoms with Gasteiger partial charge in [-0.15, -0.1) is 0 Å². The van der Waals surface area contributed by atoms with E-state index in [1.54, 1.807) is 0 Å². The van der Waals surface area contributed by atoms with E-state index < -0.39 is 18.2 Å². The lowest BCUT2D eigenvalue weighted by Crippen LogP contribution is -2.47. The van der Waals surface area contributed by atoms with Crippen LogP contribution in [-0.4, -0.2) is 35.0 Å². The molecule has 0 aliphatic heterocycles. The summed E-state index contributed by atoms with van der Waals surface area (Å²) >= 11 is 0. The molecule has 0 radical (unpaired) electrons. The number of benzene rings is 1. The molecule has 2 atom stereocenters. The minimum absolute atomic E-state index is 0.0256. The fraction of sp³-hybridized carbons (Fsp3) is 0.364. The van der Waals surface area contributed by atoms with Crippen molar-refractivity contribution in [2.75, 3.05) is 6.54 Å². The van der Waals surface area contributed by atoms with Gasteiger partial charge in [0.2, 0.25) is 0 Å². The van der Waals surface area contributed by atoms with Crippen LogP contribution in [0.1, 0.15) is 5.56 Å². The summed E-state index contributed by atoms with van der Waals surface area (Å²) < 4.78 is 0. The highest BCUT2D eigenvalue weighted by molar-refractivity contribution is 5.65. The van der Waals surface area contributed by atoms with Gasteiger partial charge in [-0.25, -0.2) is 4.79 Å². The Morgan fingerprint density at radius 1 is 1.38 bits per heavy atom. The fourth-order valence-electron chi connectivity index (χ4n) is 1.47. The maximum atomic E-state index is 10.6. The zero-order valence-corrected chi connectivity index (χ0v) is 8.84. The van der Waals surface area contributed by atoms with Gasteiger partial charge in [0.05, 0.1) is 12.1 Å². The standard InChI is InChI=1S/C11H16N2O3/c12-7-10(14)9(13-11(15)16)6-8-4-2-1-3-5-8/h1-5,9-10,13-14H,6-7,12H2,(H,15,16). The summed E-state index contributed by atoms with van der Waals surface area (Å²) in [5.74, 6) is 0. The number of carboxylic acid groups (broad SMARTS) is 1. The zero-order chi connectivity index (χ0) is 12.0. The van der Waals surface area contributed by atoms with Crippen molar-refractivity contribution in [2.24, 2.45) is 5.73 Å². The zero-order valence-electron chi connectivity index (χ0n) is 8.84. The third kappa shape index (κ3) is 3.88. The summed E-state index contributed by atoms with van der Waals surface area (Å²) in [6.45, 7) is 0.0256. The van der Waals surface area contributed by atoms with Gasteiger partial charge >= 0.3 is 6.09 Å². The Bertz CT molecular complexity index is 329. The van der Waals surface area contributed by atoms with Gasteiger partial charge in [0.1, 0.15) is 0 Å². The molecular weight excluding hydrogens is 208 g/mol. The van der Waals surface area contributed by atoms with Gasteiger partial charge in [0, 0.05) is 6.54 Å². The van der Waals surface area contributed by atoms with Gasteiger partial charge in [-0.05, 0) is 12.0 Å². The van der Waals surface area contributed by atoms with E-state index in [2.05, 4.69) is 5.32 Å². The number of nitrogens with one attached hydrogen (secondary N) is 1. The number of amides is 1. The number of aliphatic hydroxyl groups is 1. The lowest BCUT2D eigenvalue weighted by atomic mass is 10.0. The highest BCUT2D eigenvalue weighted by atomic mass is 16.4. The molecule has 0 aliphatic rings. The van der Waals surface area contributed by atoms with Crippen LogP contribution < -0.4 is 11.1 Å². The molecule has 5 N–H and O–H groups in total. The molecule has 5 heteroatoms. The number of nitrogens with two attached hydrogens (primary N) is 1. The first-order valence-electron chi connectivity index (χ1n) is 5.05. The molecule has 1 amide bonds. The number of hydrogen-bond acceptors (Lipinski definition) is 3. The average Bonchev–Trinajstić information content (AvgIpc) is 2.28. The van der Waals surface area contributed by atoms with E-state index in [0.717, 1.165) is 5.56 Å². The first kappa shape index (κ1) is 12.5. The molecule has 0 spiro atoms. The van der Waals surface area contributed by atoms with Crippen LogP contribution in [0.5, 0.6) is 0 Å². The fourth-order valence-corrected chi connectivity index (χ4v) is 1.47. The van der Waals surface area contributed by atoms with Crippen molar-refractivity contribution in [3.05, 3.63) is 35.9 Å². The molecule has 0 heterocycles. The highest BCUT2D eigenvalue weighted by Crippen LogP contribution is 2.05. The van der Waals surface area contributed by atoms with Crippen LogP contribution in [0.4, 0.5) is 4.79 Å². The summed E-state index contributed by atoms with van der Waals surface area (Å²) in [5.41, 5.74) is 6.27. The smallest absolute Gasteiger partial charge is 0.404 e. The van der Waals surface area contributed by atoms with E-state index in [0.29, 0.717) is 6.42 Å². The molecule has 5 nitrogen and oxygen atoms in total. The van der Waals surface area contributed by atoms with E-state index in [9.17, 15) is 9.90 Å². The normalized spacial score (nSPS) is 14.1. The molecular formula is C11H16N2O3. The first-order valence-corrected chi connectivity index (χ1v) is 5.05. The van der Waals surface area contributed by atoms with Crippen molar-refractivity contribution in [3.8, 4) is 0 Å². The van der Waals surface area contributed by atoms with Crippen LogP contribution >= 0.6 is 0 Å². The van der Waals surface area contributed by atoms with Crippen molar-refractivity contribution >= 4 is 6.09 Å². The SMILES string of the molecule is NCC(O)C(Cc1ccccc1)NC(=O)O. The van der Waals surface area contributed by atoms with E-state index in [-0.39, 0.29) is 6.54 Å². The lowest BCUT2D eigenvalue weighted by Gasteiger charge is -2.21. The quantitative estimate of drug-likeness (QED) is 0.574. The number of carbonyl (C=O) groups is 1. The molecule has 0 bridgehead atoms. The van der Waals surface area contributed by atoms with E-state index in [1.165, 1.54) is 0 Å². The second-order valence-corrected chi connectivity index (χ2v) is 3.55. The average molecular weight is 224 g/mol. The molecule has 1 rings (SSSR count). The monoisotopic (exact) mass is 224 g/mol. The molecule has 1 aromatic rings. The van der Waals surface area contributed by atoms with E-state index in [4.69, 9.17) is 10.8 Å². The molecule has 0 saturated carbocycles. The molecule has 16 heavy (non-hydrogen) atoms. The van der Waals surface area contributed by atoms with Crippen LogP contribution in [0.3, 0.4) is 0 Å². The summed E-state index contributed by atoms with van der Waals surface area (Å²) in [4.78, 5) is 10.6. The Kier molecular flexibility index (Phi) is 4.75. The Morgan fingerprint density at radius 3 is 2.50 bits per heavy atom. The van der Waals surface area contributed by atoms with Gasteiger partial charge in [0.15, 0.2) is 0 Å². The van der Waals surface area contributed by atoms with Crippen LogP contribution in [0.15, 0.2) is 30.3 Å². The minimum Gasteiger partial charge on any atom is -0.465 e. The molecule has 0 fully saturated rings. The summed E-state index contributed by atoms with van der Waals surface area (Å²) in [7, 11) is 0. The van der Waals surface area contributed by atoms with Crippen LogP contribution in [0, 0.1) is 0 Å². The van der Waals surface area contributed by atoms with Crippen molar-refractivity contribution in [1.82, 2.24) is 5.32 Å². The second-order valence-electron chi connectivity index (χ2n) is 3.55. The first-order chi connectivity index (χ1) is 7.63. The second kappa shape index (κ2) is 6.09. The molecule has 0 aromatic heterocycles. The van der Waals surface area contributed by atoms with E-state index >= 15 is 0 Å². The minimum atomic E-state index is -1.16. The van der Waals surface area contributed by atoms with Gasteiger partial charge in [-0.2, -0.15) is 0 Å². The highest BCUT2D eigenvalue weighted by Gasteiger charge is 2.19. The number of aliphatic hydroxyl groups excluding tert-OH is 1. The Labute approximate surface area is 93.9 Å². The largest absolute Gasteiger partial charge is 0.465 e. The molecule has 0 saturated heterocycles. The molecule has 2 unspecified atom stereocenters. The van der Waals surface area contributed by atoms with Gasteiger partial charge in [-0.3, -0.25) is 0 Å². The van der Waals surface area contributed by atoms with Gasteiger partial charge in [0.25, 0.3) is 0 Å². The maximum absolute atomic E-state index is 10.6. The third-order valence-corrected chi connectivity index (χ3v) is 2.31. The van der Waals surface area contributed by atoms with Crippen LogP contribution in [0.25, 0.3) is 0 Å². The van der Waals surface area contributed by atoms with Crippen molar-refractivity contribution < 1.29 is 15.0 Å². The van der Waals surface area contributed by atoms with Crippen molar-refractivity contribution in [3.63, 3.8) is 0 Å². The Balaban J connectivity index is 2.67. The maximum Gasteiger partial charge on any atom is 0.404 e. The van der Waals surface area contributed by atoms with Crippen molar-refractivity contribution in [1.29, 1.82) is 0 Å².